The maximum absolute atomic E-state index is 12.8. The number of carbonyl (C=O) groups excluding carboxylic acids is 1. The summed E-state index contributed by atoms with van der Waals surface area (Å²) in [6, 6.07) is 20.5. The van der Waals surface area contributed by atoms with E-state index in [1.807, 2.05) is 24.2 Å². The Kier molecular flexibility index (Phi) is 7.11. The lowest BCUT2D eigenvalue weighted by Crippen LogP contribution is -2.39. The van der Waals surface area contributed by atoms with Gasteiger partial charge in [-0.2, -0.15) is 0 Å². The quantitative estimate of drug-likeness (QED) is 0.453. The van der Waals surface area contributed by atoms with Gasteiger partial charge in [0.2, 0.25) is 0 Å². The molecule has 0 unspecified atom stereocenters. The molecule has 3 aromatic rings. The second-order valence-corrected chi connectivity index (χ2v) is 9.17. The number of rotatable bonds is 6. The van der Waals surface area contributed by atoms with Gasteiger partial charge in [-0.25, -0.2) is 0 Å². The number of amides is 1. The first-order valence-electron chi connectivity index (χ1n) is 11.2. The minimum Gasteiger partial charge on any atom is -0.370 e. The summed E-state index contributed by atoms with van der Waals surface area (Å²) in [5.74, 6) is 0.633. The van der Waals surface area contributed by atoms with E-state index in [0.717, 1.165) is 32.2 Å². The highest BCUT2D eigenvalue weighted by atomic mass is 35.5. The van der Waals surface area contributed by atoms with Crippen LogP contribution in [0.2, 0.25) is 5.02 Å². The highest BCUT2D eigenvalue weighted by Gasteiger charge is 2.27. The third-order valence-electron chi connectivity index (χ3n) is 6.60. The molecule has 2 aromatic carbocycles. The molecule has 0 N–H and O–H groups in total. The molecule has 0 radical (unpaired) electrons. The van der Waals surface area contributed by atoms with E-state index in [2.05, 4.69) is 47.3 Å². The Morgan fingerprint density at radius 3 is 2.28 bits per heavy atom. The van der Waals surface area contributed by atoms with Crippen molar-refractivity contribution in [3.8, 4) is 0 Å². The lowest BCUT2D eigenvalue weighted by molar-refractivity contribution is 0.0689. The Balaban J connectivity index is 1.32. The average molecular weight is 448 g/mol. The molecule has 1 heterocycles. The number of benzene rings is 2. The van der Waals surface area contributed by atoms with Crippen LogP contribution in [-0.4, -0.2) is 35.9 Å². The maximum Gasteiger partial charge on any atom is 0.253 e. The maximum atomic E-state index is 12.8. The molecule has 1 aliphatic carbocycles. The largest absolute Gasteiger partial charge is 0.370 e. The molecule has 0 atom stereocenters. The standard InChI is InChI=1S/C27H30ClN3O/c1-30(19-20-4-3-17-29-18-20)25-13-7-21(8-14-25)22-9-15-26(16-10-22)31(2)27(32)23-5-11-24(28)12-6-23/h3-8,11-14,17-18,22,26H,9-10,15-16,19H2,1-2H3. The molecule has 0 spiro atoms. The van der Waals surface area contributed by atoms with Crippen LogP contribution in [0.25, 0.3) is 0 Å². The fourth-order valence-electron chi connectivity index (χ4n) is 4.62. The predicted octanol–water partition coefficient (Wildman–Crippen LogP) is 6.17. The Bertz CT molecular complexity index is 1010. The van der Waals surface area contributed by atoms with Gasteiger partial charge < -0.3 is 9.80 Å². The van der Waals surface area contributed by atoms with Crippen LogP contribution in [-0.2, 0) is 6.54 Å². The van der Waals surface area contributed by atoms with Crippen molar-refractivity contribution in [3.63, 3.8) is 0 Å². The van der Waals surface area contributed by atoms with E-state index in [1.54, 1.807) is 30.5 Å². The van der Waals surface area contributed by atoms with Gasteiger partial charge in [0.25, 0.3) is 5.91 Å². The van der Waals surface area contributed by atoms with Crippen molar-refractivity contribution in [3.05, 3.63) is 94.8 Å². The van der Waals surface area contributed by atoms with E-state index in [1.165, 1.54) is 16.8 Å². The van der Waals surface area contributed by atoms with Gasteiger partial charge in [0, 0.05) is 55.3 Å². The summed E-state index contributed by atoms with van der Waals surface area (Å²) in [5.41, 5.74) is 4.51. The minimum absolute atomic E-state index is 0.0751. The van der Waals surface area contributed by atoms with Crippen molar-refractivity contribution in [2.24, 2.45) is 0 Å². The van der Waals surface area contributed by atoms with Gasteiger partial charge in [-0.1, -0.05) is 29.8 Å². The number of carbonyl (C=O) groups is 1. The van der Waals surface area contributed by atoms with Gasteiger partial charge in [0.15, 0.2) is 0 Å². The van der Waals surface area contributed by atoms with Gasteiger partial charge in [-0.3, -0.25) is 9.78 Å². The number of aromatic nitrogens is 1. The summed E-state index contributed by atoms with van der Waals surface area (Å²) in [6.07, 6.45) is 7.99. The number of halogens is 1. The van der Waals surface area contributed by atoms with Crippen molar-refractivity contribution in [2.45, 2.75) is 44.2 Å². The van der Waals surface area contributed by atoms with Crippen LogP contribution in [0.5, 0.6) is 0 Å². The molecule has 0 aliphatic heterocycles. The fourth-order valence-corrected chi connectivity index (χ4v) is 4.74. The summed E-state index contributed by atoms with van der Waals surface area (Å²) < 4.78 is 0. The molecule has 0 saturated heterocycles. The van der Waals surface area contributed by atoms with Crippen LogP contribution in [0.3, 0.4) is 0 Å². The molecule has 1 saturated carbocycles. The summed E-state index contributed by atoms with van der Waals surface area (Å²) >= 11 is 5.95. The molecular weight excluding hydrogens is 418 g/mol. The average Bonchev–Trinajstić information content (AvgIpc) is 2.84. The zero-order chi connectivity index (χ0) is 22.5. The second kappa shape index (κ2) is 10.2. The van der Waals surface area contributed by atoms with Crippen LogP contribution >= 0.6 is 11.6 Å². The van der Waals surface area contributed by atoms with E-state index in [9.17, 15) is 4.79 Å². The predicted molar refractivity (Wildman–Crippen MR) is 131 cm³/mol. The van der Waals surface area contributed by atoms with Crippen LogP contribution in [0.15, 0.2) is 73.1 Å². The van der Waals surface area contributed by atoms with Crippen molar-refractivity contribution in [1.82, 2.24) is 9.88 Å². The summed E-state index contributed by atoms with van der Waals surface area (Å²) in [4.78, 5) is 21.2. The third kappa shape index (κ3) is 5.31. The summed E-state index contributed by atoms with van der Waals surface area (Å²) in [7, 11) is 4.04. The highest BCUT2D eigenvalue weighted by molar-refractivity contribution is 6.30. The Labute approximate surface area is 195 Å². The molecule has 5 heteroatoms. The van der Waals surface area contributed by atoms with Gasteiger partial charge in [-0.15, -0.1) is 0 Å². The zero-order valence-corrected chi connectivity index (χ0v) is 19.5. The van der Waals surface area contributed by atoms with Crippen molar-refractivity contribution in [1.29, 1.82) is 0 Å². The monoisotopic (exact) mass is 447 g/mol. The van der Waals surface area contributed by atoms with Crippen LogP contribution in [0.4, 0.5) is 5.69 Å². The van der Waals surface area contributed by atoms with Crippen molar-refractivity contribution in [2.75, 3.05) is 19.0 Å². The molecule has 4 rings (SSSR count). The first-order chi connectivity index (χ1) is 15.5. The molecule has 1 aliphatic rings. The first kappa shape index (κ1) is 22.3. The van der Waals surface area contributed by atoms with Gasteiger partial charge in [-0.05, 0) is 85.2 Å². The number of nitrogens with zero attached hydrogens (tertiary/aromatic N) is 3. The minimum atomic E-state index is 0.0751. The molecule has 1 amide bonds. The molecule has 4 nitrogen and oxygen atoms in total. The third-order valence-corrected chi connectivity index (χ3v) is 6.86. The SMILES string of the molecule is CN(Cc1cccnc1)c1ccc(C2CCC(N(C)C(=O)c3ccc(Cl)cc3)CC2)cc1. The van der Waals surface area contributed by atoms with Crippen LogP contribution in [0.1, 0.15) is 53.1 Å². The molecule has 166 valence electrons. The van der Waals surface area contributed by atoms with Crippen molar-refractivity contribution >= 4 is 23.2 Å². The summed E-state index contributed by atoms with van der Waals surface area (Å²) in [6.45, 7) is 0.840. The van der Waals surface area contributed by atoms with E-state index in [0.29, 0.717) is 22.5 Å². The molecule has 32 heavy (non-hydrogen) atoms. The highest BCUT2D eigenvalue weighted by Crippen LogP contribution is 2.35. The van der Waals surface area contributed by atoms with E-state index in [4.69, 9.17) is 11.6 Å². The van der Waals surface area contributed by atoms with Crippen LogP contribution < -0.4 is 4.90 Å². The molecule has 0 bridgehead atoms. The Hall–Kier alpha value is -2.85. The molecule has 1 aromatic heterocycles. The smallest absolute Gasteiger partial charge is 0.253 e. The van der Waals surface area contributed by atoms with Gasteiger partial charge >= 0.3 is 0 Å². The van der Waals surface area contributed by atoms with Gasteiger partial charge in [0.1, 0.15) is 0 Å². The lowest BCUT2D eigenvalue weighted by Gasteiger charge is -2.35. The Morgan fingerprint density at radius 1 is 0.969 bits per heavy atom. The fraction of sp³-hybridized carbons (Fsp3) is 0.333. The van der Waals surface area contributed by atoms with E-state index >= 15 is 0 Å². The van der Waals surface area contributed by atoms with Crippen molar-refractivity contribution < 1.29 is 4.79 Å². The van der Waals surface area contributed by atoms with E-state index < -0.39 is 0 Å². The second-order valence-electron chi connectivity index (χ2n) is 8.74. The normalized spacial score (nSPS) is 18.2. The van der Waals surface area contributed by atoms with Crippen LogP contribution in [0, 0.1) is 0 Å². The topological polar surface area (TPSA) is 36.4 Å². The lowest BCUT2D eigenvalue weighted by atomic mass is 9.81. The van der Waals surface area contributed by atoms with E-state index in [-0.39, 0.29) is 5.91 Å². The first-order valence-corrected chi connectivity index (χ1v) is 11.6. The Morgan fingerprint density at radius 2 is 1.66 bits per heavy atom. The molecule has 1 fully saturated rings. The number of anilines is 1. The summed E-state index contributed by atoms with van der Waals surface area (Å²) in [5, 5.41) is 0.652. The molecular formula is C27H30ClN3O. The number of hydrogen-bond donors (Lipinski definition) is 0. The van der Waals surface area contributed by atoms with Gasteiger partial charge in [0.05, 0.1) is 0 Å². The zero-order valence-electron chi connectivity index (χ0n) is 18.7. The number of pyridine rings is 1. The number of hydrogen-bond acceptors (Lipinski definition) is 3.